The monoisotopic (exact) mass is 627 g/mol. The minimum absolute atomic E-state index is 0.0108. The van der Waals surface area contributed by atoms with Gasteiger partial charge < -0.3 is 30.7 Å². The second-order valence-corrected chi connectivity index (χ2v) is 13.7. The number of ether oxygens (including phenoxy) is 1. The fraction of sp³-hybridized carbons (Fsp3) is 0.667. The molecule has 1 saturated heterocycles. The predicted octanol–water partition coefficient (Wildman–Crippen LogP) is 3.74. The molecule has 1 aliphatic heterocycles. The van der Waals surface area contributed by atoms with E-state index in [1.54, 1.807) is 27.7 Å². The first-order valence-electron chi connectivity index (χ1n) is 16.2. The number of amides is 5. The highest BCUT2D eigenvalue weighted by Crippen LogP contribution is 2.32. The van der Waals surface area contributed by atoms with Gasteiger partial charge in [-0.25, -0.2) is 9.59 Å². The molecular weight excluding hydrogens is 578 g/mol. The van der Waals surface area contributed by atoms with E-state index in [0.717, 1.165) is 56.9 Å². The van der Waals surface area contributed by atoms with Crippen LogP contribution in [0.3, 0.4) is 0 Å². The van der Waals surface area contributed by atoms with Crippen LogP contribution in [0.25, 0.3) is 0 Å². The number of carbonyl (C=O) groups excluding carboxylic acids is 4. The van der Waals surface area contributed by atoms with E-state index in [4.69, 9.17) is 4.74 Å². The van der Waals surface area contributed by atoms with E-state index in [0.29, 0.717) is 0 Å². The number of rotatable bonds is 8. The molecule has 5 atom stereocenters. The van der Waals surface area contributed by atoms with Crippen LogP contribution in [0, 0.1) is 5.92 Å². The normalized spacial score (nSPS) is 23.2. The zero-order chi connectivity index (χ0) is 32.9. The highest BCUT2D eigenvalue weighted by Gasteiger charge is 2.45. The van der Waals surface area contributed by atoms with Crippen LogP contribution < -0.4 is 16.0 Å². The minimum atomic E-state index is -1.23. The first-order valence-corrected chi connectivity index (χ1v) is 16.2. The zero-order valence-corrected chi connectivity index (χ0v) is 27.1. The van der Waals surface area contributed by atoms with Gasteiger partial charge in [0.05, 0.1) is 12.1 Å². The molecule has 1 aromatic carbocycles. The van der Waals surface area contributed by atoms with Crippen LogP contribution in [0.1, 0.15) is 96.2 Å². The number of aryl methyl sites for hydroxylation is 1. The highest BCUT2D eigenvalue weighted by molar-refractivity contribution is 5.94. The molecule has 45 heavy (non-hydrogen) atoms. The summed E-state index contributed by atoms with van der Waals surface area (Å²) in [5.41, 5.74) is 1.50. The number of hydrogen-bond acceptors (Lipinski definition) is 6. The molecule has 1 heterocycles. The van der Waals surface area contributed by atoms with Crippen molar-refractivity contribution in [3.05, 3.63) is 35.4 Å². The Morgan fingerprint density at radius 1 is 1.00 bits per heavy atom. The molecule has 3 aliphatic rings. The number of fused-ring (bicyclic) bond motifs is 1. The quantitative estimate of drug-likeness (QED) is 0.342. The number of carboxylic acid groups (broad SMARTS) is 1. The van der Waals surface area contributed by atoms with Crippen LogP contribution in [0.15, 0.2) is 24.3 Å². The van der Waals surface area contributed by atoms with Gasteiger partial charge in [0.1, 0.15) is 23.7 Å². The standard InChI is InChI=1S/C33H49N5O7/c1-20(37(5)32(44)45-33(2,3)4)28(39)36-27(22-13-7-6-8-14-22)30(41)38-19-23(34-31(42)43)18-26(38)29(40)35-25-17-11-15-21-12-9-10-16-24(21)25/h9-10,12,16,20,22-23,25-27,34H,6-8,11,13-15,17-19H2,1-5H3,(H,35,40)(H,36,39)(H,42,43)/t20-,23-,25+,26-,27-/m0/s1. The number of hydrogen-bond donors (Lipinski definition) is 4. The van der Waals surface area contributed by atoms with Gasteiger partial charge in [-0.15, -0.1) is 0 Å². The summed E-state index contributed by atoms with van der Waals surface area (Å²) in [7, 11) is 1.47. The second kappa shape index (κ2) is 14.5. The Balaban J connectivity index is 1.55. The molecular formula is C33H49N5O7. The number of likely N-dealkylation sites (N-methyl/N-ethyl adjacent to an activating group) is 1. The molecule has 2 aliphatic carbocycles. The van der Waals surface area contributed by atoms with E-state index in [1.165, 1.54) is 22.4 Å². The van der Waals surface area contributed by atoms with Crippen molar-refractivity contribution in [1.29, 1.82) is 0 Å². The minimum Gasteiger partial charge on any atom is -0.465 e. The summed E-state index contributed by atoms with van der Waals surface area (Å²) in [5, 5.41) is 18.0. The van der Waals surface area contributed by atoms with Gasteiger partial charge in [-0.2, -0.15) is 0 Å². The summed E-state index contributed by atoms with van der Waals surface area (Å²) < 4.78 is 5.42. The maximum Gasteiger partial charge on any atom is 0.410 e. The summed E-state index contributed by atoms with van der Waals surface area (Å²) in [6.45, 7) is 6.80. The third kappa shape index (κ3) is 8.67. The fourth-order valence-corrected chi connectivity index (χ4v) is 6.75. The van der Waals surface area contributed by atoms with Gasteiger partial charge in [-0.05, 0) is 83.3 Å². The number of likely N-dealkylation sites (tertiary alicyclic amines) is 1. The van der Waals surface area contributed by atoms with Crippen molar-refractivity contribution in [1.82, 2.24) is 25.8 Å². The molecule has 4 rings (SSSR count). The van der Waals surface area contributed by atoms with E-state index in [1.807, 2.05) is 18.2 Å². The lowest BCUT2D eigenvalue weighted by atomic mass is 9.83. The molecule has 5 amide bonds. The maximum atomic E-state index is 14.4. The lowest BCUT2D eigenvalue weighted by Crippen LogP contribution is -2.59. The van der Waals surface area contributed by atoms with Crippen LogP contribution in [-0.2, 0) is 25.5 Å². The molecule has 4 N–H and O–H groups in total. The van der Waals surface area contributed by atoms with Crippen molar-refractivity contribution in [3.63, 3.8) is 0 Å². The van der Waals surface area contributed by atoms with Gasteiger partial charge in [0.15, 0.2) is 0 Å². The summed E-state index contributed by atoms with van der Waals surface area (Å²) in [6, 6.07) is 4.39. The Hall–Kier alpha value is -3.83. The molecule has 0 unspecified atom stereocenters. The van der Waals surface area contributed by atoms with Crippen LogP contribution in [0.2, 0.25) is 0 Å². The van der Waals surface area contributed by atoms with Gasteiger partial charge >= 0.3 is 12.2 Å². The zero-order valence-electron chi connectivity index (χ0n) is 27.1. The van der Waals surface area contributed by atoms with Crippen molar-refractivity contribution in [3.8, 4) is 0 Å². The second-order valence-electron chi connectivity index (χ2n) is 13.7. The maximum absolute atomic E-state index is 14.4. The molecule has 0 radical (unpaired) electrons. The molecule has 12 heteroatoms. The number of nitrogens with one attached hydrogen (secondary N) is 3. The largest absolute Gasteiger partial charge is 0.465 e. The molecule has 0 spiro atoms. The van der Waals surface area contributed by atoms with Gasteiger partial charge in [0.25, 0.3) is 0 Å². The summed E-state index contributed by atoms with van der Waals surface area (Å²) >= 11 is 0. The van der Waals surface area contributed by atoms with Gasteiger partial charge in [0, 0.05) is 13.6 Å². The smallest absolute Gasteiger partial charge is 0.410 e. The van der Waals surface area contributed by atoms with E-state index in [2.05, 4.69) is 22.0 Å². The third-order valence-corrected chi connectivity index (χ3v) is 9.23. The van der Waals surface area contributed by atoms with E-state index >= 15 is 0 Å². The Morgan fingerprint density at radius 3 is 2.36 bits per heavy atom. The average molecular weight is 628 g/mol. The average Bonchev–Trinajstić information content (AvgIpc) is 3.41. The number of nitrogens with zero attached hydrogens (tertiary/aromatic N) is 2. The SMILES string of the molecule is C[C@@H](C(=O)N[C@H](C(=O)N1C[C@@H](NC(=O)O)C[C@H]1C(=O)N[C@@H]1CCCc2ccccc21)C1CCCCC1)N(C)C(=O)OC(C)(C)C. The number of benzene rings is 1. The summed E-state index contributed by atoms with van der Waals surface area (Å²) in [5.74, 6) is -1.42. The molecule has 1 aromatic rings. The van der Waals surface area contributed by atoms with Crippen molar-refractivity contribution < 1.29 is 33.8 Å². The number of carbonyl (C=O) groups is 5. The van der Waals surface area contributed by atoms with Crippen molar-refractivity contribution in [2.24, 2.45) is 5.92 Å². The van der Waals surface area contributed by atoms with E-state index in [-0.39, 0.29) is 30.8 Å². The van der Waals surface area contributed by atoms with Crippen LogP contribution >= 0.6 is 0 Å². The van der Waals surface area contributed by atoms with E-state index in [9.17, 15) is 29.1 Å². The lowest BCUT2D eigenvalue weighted by molar-refractivity contribution is -0.143. The Labute approximate surface area is 265 Å². The van der Waals surface area contributed by atoms with E-state index < -0.39 is 53.8 Å². The van der Waals surface area contributed by atoms with Gasteiger partial charge in [-0.3, -0.25) is 19.3 Å². The van der Waals surface area contributed by atoms with Crippen LogP contribution in [-0.4, -0.2) is 88.2 Å². The lowest BCUT2D eigenvalue weighted by Gasteiger charge is -2.36. The molecule has 248 valence electrons. The Bertz CT molecular complexity index is 1260. The van der Waals surface area contributed by atoms with Crippen LogP contribution in [0.5, 0.6) is 0 Å². The third-order valence-electron chi connectivity index (χ3n) is 9.23. The summed E-state index contributed by atoms with van der Waals surface area (Å²) in [4.78, 5) is 68.6. The Kier molecular flexibility index (Phi) is 11.0. The Morgan fingerprint density at radius 2 is 1.69 bits per heavy atom. The molecule has 1 saturated carbocycles. The summed E-state index contributed by atoms with van der Waals surface area (Å²) in [6.07, 6.45) is 5.17. The van der Waals surface area contributed by atoms with Crippen molar-refractivity contribution >= 4 is 29.9 Å². The molecule has 0 bridgehead atoms. The van der Waals surface area contributed by atoms with Gasteiger partial charge in [0.2, 0.25) is 17.7 Å². The topological polar surface area (TPSA) is 157 Å². The predicted molar refractivity (Wildman–Crippen MR) is 167 cm³/mol. The van der Waals surface area contributed by atoms with Crippen LogP contribution in [0.4, 0.5) is 9.59 Å². The molecule has 12 nitrogen and oxygen atoms in total. The first kappa shape index (κ1) is 34.1. The fourth-order valence-electron chi connectivity index (χ4n) is 6.75. The first-order chi connectivity index (χ1) is 21.2. The highest BCUT2D eigenvalue weighted by atomic mass is 16.6. The molecule has 0 aromatic heterocycles. The molecule has 2 fully saturated rings. The van der Waals surface area contributed by atoms with Crippen molar-refractivity contribution in [2.75, 3.05) is 13.6 Å². The van der Waals surface area contributed by atoms with Crippen molar-refractivity contribution in [2.45, 2.75) is 121 Å². The van der Waals surface area contributed by atoms with Gasteiger partial charge in [-0.1, -0.05) is 43.5 Å².